The van der Waals surface area contributed by atoms with E-state index in [4.69, 9.17) is 5.11 Å². The van der Waals surface area contributed by atoms with Crippen molar-refractivity contribution in [1.29, 1.82) is 0 Å². The van der Waals surface area contributed by atoms with Crippen molar-refractivity contribution in [2.24, 2.45) is 0 Å². The van der Waals surface area contributed by atoms with Gasteiger partial charge in [0.15, 0.2) is 0 Å². The third kappa shape index (κ3) is 3.46. The predicted molar refractivity (Wildman–Crippen MR) is 76.7 cm³/mol. The van der Waals surface area contributed by atoms with Crippen molar-refractivity contribution in [2.45, 2.75) is 6.42 Å². The van der Waals surface area contributed by atoms with Crippen LogP contribution in [0.15, 0.2) is 48.5 Å². The van der Waals surface area contributed by atoms with Gasteiger partial charge in [-0.3, -0.25) is 9.59 Å². The van der Waals surface area contributed by atoms with Gasteiger partial charge in [-0.2, -0.15) is 0 Å². The van der Waals surface area contributed by atoms with Crippen LogP contribution in [0.5, 0.6) is 0 Å². The van der Waals surface area contributed by atoms with Crippen LogP contribution in [0.4, 0.5) is 14.5 Å². The number of carboxylic acids is 1. The summed E-state index contributed by atoms with van der Waals surface area (Å²) in [5.41, 5.74) is -0.326. The lowest BCUT2D eigenvalue weighted by molar-refractivity contribution is -0.136. The van der Waals surface area contributed by atoms with Crippen LogP contribution in [-0.2, 0) is 4.79 Å². The summed E-state index contributed by atoms with van der Waals surface area (Å²) in [5.74, 6) is -3.67. The number of hydrogen-bond acceptors (Lipinski definition) is 2. The van der Waals surface area contributed by atoms with Gasteiger partial charge in [0.1, 0.15) is 17.3 Å². The van der Waals surface area contributed by atoms with Gasteiger partial charge in [-0.15, -0.1) is 0 Å². The van der Waals surface area contributed by atoms with Gasteiger partial charge < -0.3 is 10.0 Å². The second-order valence-corrected chi connectivity index (χ2v) is 4.54. The molecule has 0 saturated heterocycles. The highest BCUT2D eigenvalue weighted by atomic mass is 19.1. The normalized spacial score (nSPS) is 10.3. The minimum atomic E-state index is -1.16. The van der Waals surface area contributed by atoms with Gasteiger partial charge >= 0.3 is 5.97 Å². The van der Waals surface area contributed by atoms with Crippen LogP contribution in [0.2, 0.25) is 0 Å². The van der Waals surface area contributed by atoms with E-state index in [1.165, 1.54) is 18.2 Å². The molecule has 0 fully saturated rings. The number of hydrogen-bond donors (Lipinski definition) is 1. The van der Waals surface area contributed by atoms with E-state index in [1.54, 1.807) is 18.2 Å². The minimum absolute atomic E-state index is 0.218. The SMILES string of the molecule is O=C(O)CCN(C(=O)c1ccccc1)c1c(F)cccc1F. The molecule has 0 aliphatic carbocycles. The Bertz CT molecular complexity index is 669. The molecule has 2 aromatic carbocycles. The van der Waals surface area contributed by atoms with Crippen molar-refractivity contribution in [3.05, 3.63) is 65.7 Å². The van der Waals surface area contributed by atoms with Crippen molar-refractivity contribution in [3.63, 3.8) is 0 Å². The summed E-state index contributed by atoms with van der Waals surface area (Å²) in [5, 5.41) is 8.77. The van der Waals surface area contributed by atoms with E-state index in [9.17, 15) is 18.4 Å². The average Bonchev–Trinajstić information content (AvgIpc) is 2.50. The molecule has 114 valence electrons. The lowest BCUT2D eigenvalue weighted by Crippen LogP contribution is -2.34. The molecule has 2 rings (SSSR count). The van der Waals surface area contributed by atoms with Gasteiger partial charge in [0, 0.05) is 12.1 Å². The number of amides is 1. The highest BCUT2D eigenvalue weighted by Crippen LogP contribution is 2.25. The van der Waals surface area contributed by atoms with Crippen molar-refractivity contribution in [2.75, 3.05) is 11.4 Å². The fourth-order valence-electron chi connectivity index (χ4n) is 2.01. The van der Waals surface area contributed by atoms with Crippen LogP contribution >= 0.6 is 0 Å². The zero-order valence-corrected chi connectivity index (χ0v) is 11.5. The van der Waals surface area contributed by atoms with Gasteiger partial charge in [-0.05, 0) is 24.3 Å². The first kappa shape index (κ1) is 15.6. The summed E-state index contributed by atoms with van der Waals surface area (Å²) in [6, 6.07) is 11.1. The molecule has 0 heterocycles. The van der Waals surface area contributed by atoms with Crippen LogP contribution in [0.1, 0.15) is 16.8 Å². The molecular weight excluding hydrogens is 292 g/mol. The van der Waals surface area contributed by atoms with Crippen LogP contribution in [0.3, 0.4) is 0 Å². The monoisotopic (exact) mass is 305 g/mol. The first-order valence-corrected chi connectivity index (χ1v) is 6.53. The maximum Gasteiger partial charge on any atom is 0.305 e. The Kier molecular flexibility index (Phi) is 4.83. The molecule has 0 aliphatic heterocycles. The molecule has 0 aliphatic rings. The van der Waals surface area contributed by atoms with Crippen molar-refractivity contribution in [3.8, 4) is 0 Å². The number of rotatable bonds is 5. The fourth-order valence-corrected chi connectivity index (χ4v) is 2.01. The maximum absolute atomic E-state index is 13.9. The number of carboxylic acid groups (broad SMARTS) is 1. The first-order chi connectivity index (χ1) is 10.5. The maximum atomic E-state index is 13.9. The Balaban J connectivity index is 2.43. The van der Waals surface area contributed by atoms with Gasteiger partial charge in [0.25, 0.3) is 5.91 Å². The van der Waals surface area contributed by atoms with Gasteiger partial charge in [-0.25, -0.2) is 8.78 Å². The molecule has 0 radical (unpaired) electrons. The van der Waals surface area contributed by atoms with Gasteiger partial charge in [-0.1, -0.05) is 24.3 Å². The number of carbonyl (C=O) groups excluding carboxylic acids is 1. The molecule has 0 bridgehead atoms. The van der Waals surface area contributed by atoms with Crippen LogP contribution < -0.4 is 4.90 Å². The molecule has 0 spiro atoms. The molecule has 0 aromatic heterocycles. The molecule has 1 amide bonds. The lowest BCUT2D eigenvalue weighted by atomic mass is 10.1. The third-order valence-electron chi connectivity index (χ3n) is 3.02. The Morgan fingerprint density at radius 3 is 2.09 bits per heavy atom. The molecule has 0 unspecified atom stereocenters. The zero-order chi connectivity index (χ0) is 16.1. The number of benzene rings is 2. The Labute approximate surface area is 125 Å². The van der Waals surface area contributed by atoms with Crippen molar-refractivity contribution >= 4 is 17.6 Å². The number of para-hydroxylation sites is 1. The highest BCUT2D eigenvalue weighted by molar-refractivity contribution is 6.06. The largest absolute Gasteiger partial charge is 0.481 e. The van der Waals surface area contributed by atoms with E-state index in [0.717, 1.165) is 17.0 Å². The second kappa shape index (κ2) is 6.80. The number of carbonyl (C=O) groups is 2. The Morgan fingerprint density at radius 2 is 1.55 bits per heavy atom. The summed E-state index contributed by atoms with van der Waals surface area (Å²) < 4.78 is 27.8. The Hall–Kier alpha value is -2.76. The van der Waals surface area contributed by atoms with Gasteiger partial charge in [0.2, 0.25) is 0 Å². The molecule has 0 atom stereocenters. The third-order valence-corrected chi connectivity index (χ3v) is 3.02. The standard InChI is InChI=1S/C16H13F2NO3/c17-12-7-4-8-13(18)15(12)19(10-9-14(20)21)16(22)11-5-2-1-3-6-11/h1-8H,9-10H2,(H,20,21). The summed E-state index contributed by atoms with van der Waals surface area (Å²) >= 11 is 0. The molecule has 4 nitrogen and oxygen atoms in total. The van der Waals surface area contributed by atoms with Gasteiger partial charge in [0.05, 0.1) is 6.42 Å². The van der Waals surface area contributed by atoms with Crippen molar-refractivity contribution < 1.29 is 23.5 Å². The molecule has 1 N–H and O–H groups in total. The molecule has 22 heavy (non-hydrogen) atoms. The molecule has 2 aromatic rings. The summed E-state index contributed by atoms with van der Waals surface area (Å²) in [6.45, 7) is -0.332. The van der Waals surface area contributed by atoms with E-state index in [2.05, 4.69) is 0 Å². The van der Waals surface area contributed by atoms with Crippen LogP contribution in [-0.4, -0.2) is 23.5 Å². The van der Waals surface area contributed by atoms with E-state index in [1.807, 2.05) is 0 Å². The fraction of sp³-hybridized carbons (Fsp3) is 0.125. The number of halogens is 2. The lowest BCUT2D eigenvalue weighted by Gasteiger charge is -2.23. The quantitative estimate of drug-likeness (QED) is 0.923. The summed E-state index contributed by atoms with van der Waals surface area (Å²) in [6.07, 6.45) is -0.424. The predicted octanol–water partition coefficient (Wildman–Crippen LogP) is 3.09. The first-order valence-electron chi connectivity index (χ1n) is 6.53. The smallest absolute Gasteiger partial charge is 0.305 e. The second-order valence-electron chi connectivity index (χ2n) is 4.54. The minimum Gasteiger partial charge on any atom is -0.481 e. The van der Waals surface area contributed by atoms with E-state index in [0.29, 0.717) is 0 Å². The van der Waals surface area contributed by atoms with Crippen LogP contribution in [0, 0.1) is 11.6 Å². The number of nitrogens with zero attached hydrogens (tertiary/aromatic N) is 1. The topological polar surface area (TPSA) is 57.6 Å². The summed E-state index contributed by atoms with van der Waals surface area (Å²) in [4.78, 5) is 24.0. The zero-order valence-electron chi connectivity index (χ0n) is 11.5. The molecular formula is C16H13F2NO3. The van der Waals surface area contributed by atoms with E-state index < -0.39 is 35.6 Å². The highest BCUT2D eigenvalue weighted by Gasteiger charge is 2.24. The molecule has 6 heteroatoms. The van der Waals surface area contributed by atoms with Crippen molar-refractivity contribution in [1.82, 2.24) is 0 Å². The number of aliphatic carboxylic acids is 1. The molecule has 0 saturated carbocycles. The van der Waals surface area contributed by atoms with E-state index >= 15 is 0 Å². The van der Waals surface area contributed by atoms with E-state index in [-0.39, 0.29) is 12.1 Å². The average molecular weight is 305 g/mol. The summed E-state index contributed by atoms with van der Waals surface area (Å²) in [7, 11) is 0. The number of anilines is 1. The van der Waals surface area contributed by atoms with Crippen LogP contribution in [0.25, 0.3) is 0 Å². The Morgan fingerprint density at radius 1 is 0.955 bits per heavy atom.